The molecule has 1 aliphatic carbocycles. The molecular weight excluding hydrogens is 300 g/mol. The van der Waals surface area contributed by atoms with Crippen LogP contribution in [0.3, 0.4) is 0 Å². The third-order valence-corrected chi connectivity index (χ3v) is 3.35. The quantitative estimate of drug-likeness (QED) is 0.797. The van der Waals surface area contributed by atoms with Gasteiger partial charge in [-0.05, 0) is 34.8 Å². The summed E-state index contributed by atoms with van der Waals surface area (Å²) in [6.07, 6.45) is 4.11. The molecule has 0 N–H and O–H groups in total. The van der Waals surface area contributed by atoms with Gasteiger partial charge in [0.25, 0.3) is 5.91 Å². The first-order valence-electron chi connectivity index (χ1n) is 5.72. The van der Waals surface area contributed by atoms with Gasteiger partial charge in [-0.25, -0.2) is 0 Å². The number of nitrogens with zero attached hydrogens (tertiary/aromatic N) is 2. The molecule has 5 nitrogen and oxygen atoms in total. The molecule has 1 aromatic rings. The highest BCUT2D eigenvalue weighted by molar-refractivity contribution is 9.10. The van der Waals surface area contributed by atoms with E-state index in [0.29, 0.717) is 11.7 Å². The maximum Gasteiger partial charge on any atom is 0.325 e. The summed E-state index contributed by atoms with van der Waals surface area (Å²) >= 11 is 3.38. The lowest BCUT2D eigenvalue weighted by molar-refractivity contribution is -0.141. The molecule has 2 rings (SSSR count). The van der Waals surface area contributed by atoms with Crippen molar-refractivity contribution in [2.24, 2.45) is 0 Å². The van der Waals surface area contributed by atoms with Gasteiger partial charge in [0.1, 0.15) is 12.2 Å². The third kappa shape index (κ3) is 2.75. The molecule has 1 heterocycles. The summed E-state index contributed by atoms with van der Waals surface area (Å²) in [7, 11) is 2.90. The molecule has 1 aliphatic rings. The monoisotopic (exact) mass is 314 g/mol. The van der Waals surface area contributed by atoms with Crippen LogP contribution in [0.4, 0.5) is 0 Å². The highest BCUT2D eigenvalue weighted by atomic mass is 79.9. The summed E-state index contributed by atoms with van der Waals surface area (Å²) in [5.74, 6) is -0.590. The van der Waals surface area contributed by atoms with Gasteiger partial charge < -0.3 is 14.2 Å². The number of methoxy groups -OCH3 is 1. The standard InChI is InChI=1S/C12H15BrN2O3/c1-14(7-11(16)18-2)12(17)10-5-8(13)6-15(10)9-3-4-9/h5-6,9H,3-4,7H2,1-2H3. The molecule has 1 aromatic heterocycles. The molecule has 98 valence electrons. The Balaban J connectivity index is 2.15. The van der Waals surface area contributed by atoms with Crippen LogP contribution < -0.4 is 0 Å². The fourth-order valence-electron chi connectivity index (χ4n) is 1.80. The first-order valence-corrected chi connectivity index (χ1v) is 6.52. The number of amides is 1. The highest BCUT2D eigenvalue weighted by Crippen LogP contribution is 2.37. The van der Waals surface area contributed by atoms with Crippen LogP contribution in [0.25, 0.3) is 0 Å². The van der Waals surface area contributed by atoms with Gasteiger partial charge in [0, 0.05) is 23.8 Å². The van der Waals surface area contributed by atoms with Crippen molar-refractivity contribution in [3.05, 3.63) is 22.4 Å². The van der Waals surface area contributed by atoms with Crippen molar-refractivity contribution in [1.82, 2.24) is 9.47 Å². The van der Waals surface area contributed by atoms with E-state index in [-0.39, 0.29) is 12.5 Å². The second-order valence-electron chi connectivity index (χ2n) is 4.42. The summed E-state index contributed by atoms with van der Waals surface area (Å²) in [4.78, 5) is 24.8. The Morgan fingerprint density at radius 1 is 1.56 bits per heavy atom. The number of carbonyl (C=O) groups is 2. The number of carbonyl (C=O) groups excluding carboxylic acids is 2. The van der Waals surface area contributed by atoms with Crippen molar-refractivity contribution < 1.29 is 14.3 Å². The van der Waals surface area contributed by atoms with Gasteiger partial charge >= 0.3 is 5.97 Å². The van der Waals surface area contributed by atoms with E-state index in [1.165, 1.54) is 12.0 Å². The third-order valence-electron chi connectivity index (χ3n) is 2.92. The number of hydrogen-bond acceptors (Lipinski definition) is 3. The summed E-state index contributed by atoms with van der Waals surface area (Å²) in [6.45, 7) is -0.0389. The van der Waals surface area contributed by atoms with Crippen LogP contribution in [0.1, 0.15) is 29.4 Å². The largest absolute Gasteiger partial charge is 0.468 e. The zero-order valence-electron chi connectivity index (χ0n) is 10.4. The molecule has 0 radical (unpaired) electrons. The minimum Gasteiger partial charge on any atom is -0.468 e. The number of esters is 1. The van der Waals surface area contributed by atoms with E-state index in [9.17, 15) is 9.59 Å². The molecule has 0 bridgehead atoms. The van der Waals surface area contributed by atoms with Crippen molar-refractivity contribution >= 4 is 27.8 Å². The summed E-state index contributed by atoms with van der Waals surface area (Å²) < 4.78 is 7.40. The molecule has 18 heavy (non-hydrogen) atoms. The fraction of sp³-hybridized carbons (Fsp3) is 0.500. The van der Waals surface area contributed by atoms with Gasteiger partial charge in [-0.2, -0.15) is 0 Å². The molecule has 0 aliphatic heterocycles. The minimum atomic E-state index is -0.422. The Hall–Kier alpha value is -1.30. The smallest absolute Gasteiger partial charge is 0.325 e. The Kier molecular flexibility index (Phi) is 3.75. The van der Waals surface area contributed by atoms with Crippen molar-refractivity contribution in [2.45, 2.75) is 18.9 Å². The lowest BCUT2D eigenvalue weighted by Crippen LogP contribution is -2.33. The topological polar surface area (TPSA) is 51.5 Å². The maximum atomic E-state index is 12.2. The molecule has 6 heteroatoms. The average Bonchev–Trinajstić information content (AvgIpc) is 3.11. The first kappa shape index (κ1) is 13.1. The van der Waals surface area contributed by atoms with Gasteiger partial charge in [0.15, 0.2) is 0 Å². The van der Waals surface area contributed by atoms with E-state index in [0.717, 1.165) is 17.3 Å². The van der Waals surface area contributed by atoms with Crippen molar-refractivity contribution in [2.75, 3.05) is 20.7 Å². The molecule has 0 spiro atoms. The molecule has 0 aromatic carbocycles. The second-order valence-corrected chi connectivity index (χ2v) is 5.34. The predicted molar refractivity (Wildman–Crippen MR) is 69.4 cm³/mol. The first-order chi connectivity index (χ1) is 8.52. The molecule has 0 atom stereocenters. The molecule has 0 saturated heterocycles. The van der Waals surface area contributed by atoms with E-state index in [1.807, 2.05) is 10.8 Å². The van der Waals surface area contributed by atoms with E-state index in [4.69, 9.17) is 0 Å². The number of likely N-dealkylation sites (N-methyl/N-ethyl adjacent to an activating group) is 1. The fourth-order valence-corrected chi connectivity index (χ4v) is 2.23. The van der Waals surface area contributed by atoms with E-state index in [2.05, 4.69) is 20.7 Å². The van der Waals surface area contributed by atoms with Crippen LogP contribution in [0.5, 0.6) is 0 Å². The van der Waals surface area contributed by atoms with Crippen LogP contribution in [-0.4, -0.2) is 42.0 Å². The maximum absolute atomic E-state index is 12.2. The van der Waals surface area contributed by atoms with E-state index in [1.54, 1.807) is 13.1 Å². The lowest BCUT2D eigenvalue weighted by Gasteiger charge is -2.16. The van der Waals surface area contributed by atoms with E-state index < -0.39 is 5.97 Å². The Labute approximate surface area is 114 Å². The predicted octanol–water partition coefficient (Wildman–Crippen LogP) is 1.83. The second kappa shape index (κ2) is 5.14. The van der Waals surface area contributed by atoms with Crippen LogP contribution in [0.15, 0.2) is 16.7 Å². The number of ether oxygens (including phenoxy) is 1. The Bertz CT molecular complexity index is 480. The average molecular weight is 315 g/mol. The Morgan fingerprint density at radius 3 is 2.78 bits per heavy atom. The van der Waals surface area contributed by atoms with Crippen LogP contribution in [-0.2, 0) is 9.53 Å². The lowest BCUT2D eigenvalue weighted by atomic mass is 10.3. The van der Waals surface area contributed by atoms with Crippen molar-refractivity contribution in [3.63, 3.8) is 0 Å². The van der Waals surface area contributed by atoms with E-state index >= 15 is 0 Å². The van der Waals surface area contributed by atoms with Gasteiger partial charge in [0.05, 0.1) is 7.11 Å². The zero-order chi connectivity index (χ0) is 13.3. The van der Waals surface area contributed by atoms with Crippen LogP contribution in [0, 0.1) is 0 Å². The van der Waals surface area contributed by atoms with Crippen LogP contribution in [0.2, 0.25) is 0 Å². The number of halogens is 1. The molecular formula is C12H15BrN2O3. The van der Waals surface area contributed by atoms with Gasteiger partial charge in [-0.1, -0.05) is 0 Å². The summed E-state index contributed by atoms with van der Waals surface area (Å²) in [5.41, 5.74) is 0.607. The molecule has 1 fully saturated rings. The highest BCUT2D eigenvalue weighted by Gasteiger charge is 2.29. The number of rotatable bonds is 4. The SMILES string of the molecule is COC(=O)CN(C)C(=O)c1cc(Br)cn1C1CC1. The van der Waals surface area contributed by atoms with Gasteiger partial charge in [-0.3, -0.25) is 9.59 Å². The number of aromatic nitrogens is 1. The molecule has 1 amide bonds. The molecule has 1 saturated carbocycles. The normalized spacial score (nSPS) is 14.4. The molecule has 0 unspecified atom stereocenters. The van der Waals surface area contributed by atoms with Gasteiger partial charge in [-0.15, -0.1) is 0 Å². The number of hydrogen-bond donors (Lipinski definition) is 0. The van der Waals surface area contributed by atoms with Gasteiger partial charge in [0.2, 0.25) is 0 Å². The van der Waals surface area contributed by atoms with Crippen molar-refractivity contribution in [3.8, 4) is 0 Å². The minimum absolute atomic E-state index is 0.0389. The summed E-state index contributed by atoms with van der Waals surface area (Å²) in [5, 5.41) is 0. The Morgan fingerprint density at radius 2 is 2.22 bits per heavy atom. The summed E-state index contributed by atoms with van der Waals surface area (Å²) in [6, 6.07) is 2.20. The van der Waals surface area contributed by atoms with Crippen molar-refractivity contribution in [1.29, 1.82) is 0 Å². The zero-order valence-corrected chi connectivity index (χ0v) is 11.9. The van der Waals surface area contributed by atoms with Crippen LogP contribution >= 0.6 is 15.9 Å².